The third kappa shape index (κ3) is 4.37. The number of nitrogen functional groups attached to an aromatic ring is 1. The van der Waals surface area contributed by atoms with E-state index < -0.39 is 5.60 Å². The molecule has 2 heterocycles. The molecule has 1 aromatic rings. The molecule has 1 amide bonds. The summed E-state index contributed by atoms with van der Waals surface area (Å²) in [6, 6.07) is 1.30. The van der Waals surface area contributed by atoms with Crippen LogP contribution < -0.4 is 16.2 Å². The van der Waals surface area contributed by atoms with Gasteiger partial charge in [0.25, 0.3) is 5.56 Å². The Balaban J connectivity index is 2.10. The first-order valence-electron chi connectivity index (χ1n) is 7.74. The van der Waals surface area contributed by atoms with Crippen LogP contribution in [0.4, 0.5) is 16.6 Å². The van der Waals surface area contributed by atoms with Gasteiger partial charge < -0.3 is 20.3 Å². The van der Waals surface area contributed by atoms with Crippen molar-refractivity contribution in [3.63, 3.8) is 0 Å². The molecule has 0 spiro atoms. The van der Waals surface area contributed by atoms with Crippen LogP contribution in [0.15, 0.2) is 10.9 Å². The molecular weight excluding hydrogens is 298 g/mol. The van der Waals surface area contributed by atoms with Crippen molar-refractivity contribution in [1.29, 1.82) is 0 Å². The fourth-order valence-electron chi connectivity index (χ4n) is 2.45. The summed E-state index contributed by atoms with van der Waals surface area (Å²) in [5.41, 5.74) is 4.98. The molecule has 8 heteroatoms. The predicted octanol–water partition coefficient (Wildman–Crippen LogP) is 0.810. The van der Waals surface area contributed by atoms with Crippen molar-refractivity contribution >= 4 is 17.9 Å². The van der Waals surface area contributed by atoms with Gasteiger partial charge >= 0.3 is 6.09 Å². The highest BCUT2D eigenvalue weighted by Crippen LogP contribution is 2.15. The number of carbonyl (C=O) groups excluding carboxylic acids is 1. The molecule has 1 aliphatic rings. The molecule has 1 saturated heterocycles. The average molecular weight is 323 g/mol. The number of carbonyl (C=O) groups is 1. The molecule has 0 atom stereocenters. The van der Waals surface area contributed by atoms with E-state index in [1.165, 1.54) is 10.6 Å². The van der Waals surface area contributed by atoms with Crippen LogP contribution in [0.5, 0.6) is 0 Å². The Bertz CT molecular complexity index is 635. The molecule has 0 radical (unpaired) electrons. The van der Waals surface area contributed by atoms with Gasteiger partial charge in [-0.2, -0.15) is 4.98 Å². The van der Waals surface area contributed by atoms with Crippen molar-refractivity contribution < 1.29 is 9.53 Å². The molecule has 0 bridgehead atoms. The number of nitrogens with two attached hydrogens (primary N) is 1. The second kappa shape index (κ2) is 6.47. The summed E-state index contributed by atoms with van der Waals surface area (Å²) in [4.78, 5) is 32.0. The molecule has 1 aliphatic heterocycles. The number of aromatic nitrogens is 2. The van der Waals surface area contributed by atoms with E-state index in [0.717, 1.165) is 6.42 Å². The molecule has 0 aliphatic carbocycles. The van der Waals surface area contributed by atoms with E-state index in [2.05, 4.69) is 4.98 Å². The average Bonchev–Trinajstić information content (AvgIpc) is 2.66. The first-order chi connectivity index (χ1) is 10.7. The normalized spacial score (nSPS) is 16.2. The highest BCUT2D eigenvalue weighted by atomic mass is 16.6. The Morgan fingerprint density at radius 3 is 2.61 bits per heavy atom. The number of hydrogen-bond donors (Lipinski definition) is 1. The third-order valence-electron chi connectivity index (χ3n) is 3.56. The van der Waals surface area contributed by atoms with Crippen molar-refractivity contribution in [3.8, 4) is 0 Å². The molecule has 8 nitrogen and oxygen atoms in total. The highest BCUT2D eigenvalue weighted by Gasteiger charge is 2.25. The second-order valence-electron chi connectivity index (χ2n) is 6.69. The lowest BCUT2D eigenvalue weighted by Gasteiger charge is -2.27. The molecule has 0 aromatic carbocycles. The standard InChI is InChI=1S/C15H25N5O3/c1-15(2,3)23-14(22)20-7-5-6-19(8-9-20)13-17-11(16)10-12(21)18(13)4/h10H,5-9,16H2,1-4H3. The van der Waals surface area contributed by atoms with Gasteiger partial charge in [0.1, 0.15) is 11.4 Å². The van der Waals surface area contributed by atoms with Crippen LogP contribution in [-0.4, -0.2) is 52.3 Å². The van der Waals surface area contributed by atoms with Gasteiger partial charge in [0.2, 0.25) is 5.95 Å². The summed E-state index contributed by atoms with van der Waals surface area (Å²) in [5, 5.41) is 0. The lowest BCUT2D eigenvalue weighted by atomic mass is 10.2. The number of hydrogen-bond acceptors (Lipinski definition) is 6. The lowest BCUT2D eigenvalue weighted by molar-refractivity contribution is 0.0263. The van der Waals surface area contributed by atoms with Crippen molar-refractivity contribution in [3.05, 3.63) is 16.4 Å². The van der Waals surface area contributed by atoms with Gasteiger partial charge in [-0.1, -0.05) is 0 Å². The summed E-state index contributed by atoms with van der Waals surface area (Å²) in [7, 11) is 1.67. The van der Waals surface area contributed by atoms with E-state index in [1.807, 2.05) is 25.7 Å². The van der Waals surface area contributed by atoms with E-state index in [-0.39, 0.29) is 17.5 Å². The third-order valence-corrected chi connectivity index (χ3v) is 3.56. The zero-order valence-corrected chi connectivity index (χ0v) is 14.2. The van der Waals surface area contributed by atoms with Crippen molar-refractivity contribution in [2.45, 2.75) is 32.8 Å². The zero-order valence-electron chi connectivity index (χ0n) is 14.2. The Labute approximate surface area is 135 Å². The van der Waals surface area contributed by atoms with Gasteiger partial charge in [0.15, 0.2) is 0 Å². The Morgan fingerprint density at radius 2 is 1.96 bits per heavy atom. The minimum atomic E-state index is -0.511. The van der Waals surface area contributed by atoms with E-state index >= 15 is 0 Å². The molecule has 128 valence electrons. The number of nitrogens with zero attached hydrogens (tertiary/aromatic N) is 4. The van der Waals surface area contributed by atoms with E-state index in [9.17, 15) is 9.59 Å². The van der Waals surface area contributed by atoms with E-state index in [1.54, 1.807) is 11.9 Å². The molecule has 0 saturated carbocycles. The molecular formula is C15H25N5O3. The van der Waals surface area contributed by atoms with Crippen molar-refractivity contribution in [2.24, 2.45) is 7.05 Å². The van der Waals surface area contributed by atoms with E-state index in [4.69, 9.17) is 10.5 Å². The summed E-state index contributed by atoms with van der Waals surface area (Å²) >= 11 is 0. The SMILES string of the molecule is Cn1c(N2CCCN(C(=O)OC(C)(C)C)CC2)nc(N)cc1=O. The van der Waals surface area contributed by atoms with Crippen LogP contribution in [0.1, 0.15) is 27.2 Å². The minimum absolute atomic E-state index is 0.194. The zero-order chi connectivity index (χ0) is 17.2. The Kier molecular flexibility index (Phi) is 4.82. The lowest BCUT2D eigenvalue weighted by Crippen LogP contribution is -2.40. The van der Waals surface area contributed by atoms with Gasteiger partial charge in [0.05, 0.1) is 0 Å². The number of ether oxygens (including phenoxy) is 1. The van der Waals surface area contributed by atoms with Crippen LogP contribution in [-0.2, 0) is 11.8 Å². The van der Waals surface area contributed by atoms with E-state index in [0.29, 0.717) is 32.1 Å². The summed E-state index contributed by atoms with van der Waals surface area (Å²) in [6.07, 6.45) is 0.456. The molecule has 1 fully saturated rings. The fourth-order valence-corrected chi connectivity index (χ4v) is 2.45. The smallest absolute Gasteiger partial charge is 0.410 e. The summed E-state index contributed by atoms with van der Waals surface area (Å²) < 4.78 is 6.89. The van der Waals surface area contributed by atoms with Crippen LogP contribution in [0, 0.1) is 0 Å². The Hall–Kier alpha value is -2.25. The highest BCUT2D eigenvalue weighted by molar-refractivity contribution is 5.68. The van der Waals surface area contributed by atoms with Gasteiger partial charge in [-0.3, -0.25) is 9.36 Å². The molecule has 23 heavy (non-hydrogen) atoms. The monoisotopic (exact) mass is 323 g/mol. The first-order valence-corrected chi connectivity index (χ1v) is 7.74. The van der Waals surface area contributed by atoms with Crippen LogP contribution >= 0.6 is 0 Å². The molecule has 2 rings (SSSR count). The fraction of sp³-hybridized carbons (Fsp3) is 0.667. The predicted molar refractivity (Wildman–Crippen MR) is 88.5 cm³/mol. The van der Waals surface area contributed by atoms with Gasteiger partial charge in [-0.15, -0.1) is 0 Å². The second-order valence-corrected chi connectivity index (χ2v) is 6.69. The first kappa shape index (κ1) is 17.1. The van der Waals surface area contributed by atoms with Gasteiger partial charge in [-0.05, 0) is 27.2 Å². The van der Waals surface area contributed by atoms with Gasteiger partial charge in [-0.25, -0.2) is 4.79 Å². The van der Waals surface area contributed by atoms with Crippen molar-refractivity contribution in [1.82, 2.24) is 14.5 Å². The van der Waals surface area contributed by atoms with Crippen LogP contribution in [0.3, 0.4) is 0 Å². The molecule has 2 N–H and O–H groups in total. The minimum Gasteiger partial charge on any atom is -0.444 e. The maximum atomic E-state index is 12.2. The largest absolute Gasteiger partial charge is 0.444 e. The summed E-state index contributed by atoms with van der Waals surface area (Å²) in [5.74, 6) is 0.734. The summed E-state index contributed by atoms with van der Waals surface area (Å²) in [6.45, 7) is 7.94. The number of anilines is 2. The molecule has 0 unspecified atom stereocenters. The topological polar surface area (TPSA) is 93.7 Å². The number of rotatable bonds is 1. The maximum Gasteiger partial charge on any atom is 0.410 e. The maximum absolute atomic E-state index is 12.2. The quantitative estimate of drug-likeness (QED) is 0.822. The van der Waals surface area contributed by atoms with Crippen LogP contribution in [0.2, 0.25) is 0 Å². The number of amides is 1. The Morgan fingerprint density at radius 1 is 1.26 bits per heavy atom. The van der Waals surface area contributed by atoms with Crippen LogP contribution in [0.25, 0.3) is 0 Å². The van der Waals surface area contributed by atoms with Gasteiger partial charge in [0, 0.05) is 39.3 Å². The van der Waals surface area contributed by atoms with Crippen molar-refractivity contribution in [2.75, 3.05) is 36.8 Å². The molecule has 1 aromatic heterocycles.